The maximum absolute atomic E-state index is 13.3. The van der Waals surface area contributed by atoms with Crippen LogP contribution in [0.2, 0.25) is 0 Å². The lowest BCUT2D eigenvalue weighted by Gasteiger charge is -2.46. The summed E-state index contributed by atoms with van der Waals surface area (Å²) < 4.78 is 5.68. The van der Waals surface area contributed by atoms with Crippen LogP contribution in [0.4, 0.5) is 4.79 Å². The smallest absolute Gasteiger partial charge is 0.320 e. The Morgan fingerprint density at radius 1 is 1.07 bits per heavy atom. The van der Waals surface area contributed by atoms with Crippen LogP contribution in [0, 0.1) is 5.41 Å². The molecule has 2 amide bonds. The van der Waals surface area contributed by atoms with E-state index in [1.807, 2.05) is 0 Å². The SMILES string of the molecule is CC(C)OCc1ccc(CN2CC3(CC3)CN(C3CCN(C)CC3)C2=O)cc1. The van der Waals surface area contributed by atoms with Crippen LogP contribution < -0.4 is 0 Å². The molecule has 0 unspecified atom stereocenters. The number of benzene rings is 1. The van der Waals surface area contributed by atoms with E-state index in [2.05, 4.69) is 59.9 Å². The lowest BCUT2D eigenvalue weighted by molar-refractivity contribution is 0.0521. The normalized spacial score (nSPS) is 23.1. The highest BCUT2D eigenvalue weighted by Crippen LogP contribution is 2.50. The Kier molecular flexibility index (Phi) is 5.66. The molecule has 1 aliphatic carbocycles. The average molecular weight is 386 g/mol. The van der Waals surface area contributed by atoms with Gasteiger partial charge in [0.25, 0.3) is 0 Å². The number of rotatable bonds is 6. The van der Waals surface area contributed by atoms with Crippen LogP contribution in [0.15, 0.2) is 24.3 Å². The Labute approximate surface area is 169 Å². The van der Waals surface area contributed by atoms with Gasteiger partial charge in [-0.2, -0.15) is 0 Å². The predicted octanol–water partition coefficient (Wildman–Crippen LogP) is 3.72. The standard InChI is InChI=1S/C23H35N3O2/c1-18(2)28-15-20-6-4-19(5-7-20)14-25-16-23(10-11-23)17-26(22(25)27)21-8-12-24(3)13-9-21/h4-7,18,21H,8-17H2,1-3H3. The Morgan fingerprint density at radius 2 is 1.71 bits per heavy atom. The number of ether oxygens (including phenoxy) is 1. The van der Waals surface area contributed by atoms with Gasteiger partial charge in [0.2, 0.25) is 0 Å². The molecule has 0 radical (unpaired) electrons. The zero-order valence-electron chi connectivity index (χ0n) is 17.7. The molecule has 0 atom stereocenters. The largest absolute Gasteiger partial charge is 0.374 e. The van der Waals surface area contributed by atoms with Gasteiger partial charge in [-0.25, -0.2) is 4.79 Å². The van der Waals surface area contributed by atoms with E-state index >= 15 is 0 Å². The Hall–Kier alpha value is -1.59. The van der Waals surface area contributed by atoms with Crippen molar-refractivity contribution < 1.29 is 9.53 Å². The summed E-state index contributed by atoms with van der Waals surface area (Å²) in [6.45, 7) is 9.57. The van der Waals surface area contributed by atoms with Crippen molar-refractivity contribution in [3.8, 4) is 0 Å². The molecule has 28 heavy (non-hydrogen) atoms. The molecule has 154 valence electrons. The van der Waals surface area contributed by atoms with E-state index in [4.69, 9.17) is 4.74 Å². The van der Waals surface area contributed by atoms with E-state index in [9.17, 15) is 4.79 Å². The number of amides is 2. The van der Waals surface area contributed by atoms with E-state index in [1.165, 1.54) is 24.0 Å². The van der Waals surface area contributed by atoms with Gasteiger partial charge in [0.15, 0.2) is 0 Å². The topological polar surface area (TPSA) is 36.0 Å². The molecule has 3 fully saturated rings. The number of carbonyl (C=O) groups is 1. The molecule has 2 aliphatic heterocycles. The number of hydrogen-bond donors (Lipinski definition) is 0. The van der Waals surface area contributed by atoms with E-state index in [1.54, 1.807) is 0 Å². The van der Waals surface area contributed by atoms with Crippen molar-refractivity contribution in [3.05, 3.63) is 35.4 Å². The molecule has 1 spiro atoms. The van der Waals surface area contributed by atoms with Crippen molar-refractivity contribution in [1.82, 2.24) is 14.7 Å². The first kappa shape index (κ1) is 19.7. The predicted molar refractivity (Wildman–Crippen MR) is 111 cm³/mol. The molecule has 4 rings (SSSR count). The fourth-order valence-corrected chi connectivity index (χ4v) is 4.57. The second-order valence-electron chi connectivity index (χ2n) is 9.48. The second kappa shape index (κ2) is 8.03. The molecule has 5 heteroatoms. The number of carbonyl (C=O) groups excluding carboxylic acids is 1. The third-order valence-electron chi connectivity index (χ3n) is 6.61. The number of piperidine rings is 1. The van der Waals surface area contributed by atoms with Crippen LogP contribution in [0.5, 0.6) is 0 Å². The van der Waals surface area contributed by atoms with E-state index in [0.717, 1.165) is 45.6 Å². The highest BCUT2D eigenvalue weighted by molar-refractivity contribution is 5.76. The monoisotopic (exact) mass is 385 g/mol. The molecule has 0 aromatic heterocycles. The van der Waals surface area contributed by atoms with Gasteiger partial charge >= 0.3 is 6.03 Å². The minimum Gasteiger partial charge on any atom is -0.374 e. The summed E-state index contributed by atoms with van der Waals surface area (Å²) in [5.41, 5.74) is 2.76. The van der Waals surface area contributed by atoms with Gasteiger partial charge in [-0.1, -0.05) is 24.3 Å². The molecule has 5 nitrogen and oxygen atoms in total. The van der Waals surface area contributed by atoms with Gasteiger partial charge in [-0.05, 0) is 70.8 Å². The fraction of sp³-hybridized carbons (Fsp3) is 0.696. The maximum Gasteiger partial charge on any atom is 0.320 e. The van der Waals surface area contributed by atoms with Crippen LogP contribution in [0.1, 0.15) is 50.7 Å². The van der Waals surface area contributed by atoms with Crippen molar-refractivity contribution in [2.45, 2.75) is 64.8 Å². The zero-order chi connectivity index (χ0) is 19.7. The zero-order valence-corrected chi connectivity index (χ0v) is 17.7. The summed E-state index contributed by atoms with van der Waals surface area (Å²) in [4.78, 5) is 20.0. The summed E-state index contributed by atoms with van der Waals surface area (Å²) in [7, 11) is 2.18. The van der Waals surface area contributed by atoms with Crippen LogP contribution >= 0.6 is 0 Å². The molecular weight excluding hydrogens is 350 g/mol. The van der Waals surface area contributed by atoms with Crippen molar-refractivity contribution in [1.29, 1.82) is 0 Å². The first-order valence-electron chi connectivity index (χ1n) is 10.9. The Balaban J connectivity index is 1.41. The van der Waals surface area contributed by atoms with Gasteiger partial charge < -0.3 is 19.4 Å². The summed E-state index contributed by atoms with van der Waals surface area (Å²) in [5.74, 6) is 0. The lowest BCUT2D eigenvalue weighted by atomic mass is 9.97. The molecule has 3 aliphatic rings. The van der Waals surface area contributed by atoms with Gasteiger partial charge in [-0.3, -0.25) is 0 Å². The van der Waals surface area contributed by atoms with Gasteiger partial charge in [0.1, 0.15) is 0 Å². The molecule has 0 N–H and O–H groups in total. The number of hydrogen-bond acceptors (Lipinski definition) is 3. The summed E-state index contributed by atoms with van der Waals surface area (Å²) in [5, 5.41) is 0. The van der Waals surface area contributed by atoms with Gasteiger partial charge in [-0.15, -0.1) is 0 Å². The van der Waals surface area contributed by atoms with Crippen molar-refractivity contribution in [3.63, 3.8) is 0 Å². The Morgan fingerprint density at radius 3 is 2.32 bits per heavy atom. The van der Waals surface area contributed by atoms with Crippen LogP contribution in [-0.2, 0) is 17.9 Å². The second-order valence-corrected chi connectivity index (χ2v) is 9.48. The van der Waals surface area contributed by atoms with E-state index in [0.29, 0.717) is 18.1 Å². The molecular formula is C23H35N3O2. The minimum absolute atomic E-state index is 0.242. The van der Waals surface area contributed by atoms with Gasteiger partial charge in [0.05, 0.1) is 12.7 Å². The average Bonchev–Trinajstić information content (AvgIpc) is 3.43. The first-order valence-corrected chi connectivity index (χ1v) is 10.9. The number of nitrogens with zero attached hydrogens (tertiary/aromatic N) is 3. The first-order chi connectivity index (χ1) is 13.4. The summed E-state index contributed by atoms with van der Waals surface area (Å²) in [6.07, 6.45) is 5.00. The van der Waals surface area contributed by atoms with Crippen LogP contribution in [-0.4, -0.2) is 66.1 Å². The molecule has 2 heterocycles. The number of likely N-dealkylation sites (tertiary alicyclic amines) is 1. The van der Waals surface area contributed by atoms with Crippen molar-refractivity contribution in [2.24, 2.45) is 5.41 Å². The van der Waals surface area contributed by atoms with Crippen molar-refractivity contribution >= 4 is 6.03 Å². The highest BCUT2D eigenvalue weighted by atomic mass is 16.5. The molecule has 2 saturated heterocycles. The minimum atomic E-state index is 0.242. The quantitative estimate of drug-likeness (QED) is 0.749. The van der Waals surface area contributed by atoms with Crippen LogP contribution in [0.3, 0.4) is 0 Å². The Bertz CT molecular complexity index is 676. The third-order valence-corrected chi connectivity index (χ3v) is 6.61. The third kappa shape index (κ3) is 4.52. The van der Waals surface area contributed by atoms with Crippen molar-refractivity contribution in [2.75, 3.05) is 33.2 Å². The molecule has 1 aromatic rings. The molecule has 0 bridgehead atoms. The molecule has 1 saturated carbocycles. The van der Waals surface area contributed by atoms with Crippen LogP contribution in [0.25, 0.3) is 0 Å². The summed E-state index contributed by atoms with van der Waals surface area (Å²) in [6, 6.07) is 9.24. The molecule has 1 aromatic carbocycles. The number of urea groups is 1. The lowest BCUT2D eigenvalue weighted by Crippen LogP contribution is -2.58. The fourth-order valence-electron chi connectivity index (χ4n) is 4.57. The summed E-state index contributed by atoms with van der Waals surface area (Å²) >= 11 is 0. The van der Waals surface area contributed by atoms with E-state index < -0.39 is 0 Å². The highest BCUT2D eigenvalue weighted by Gasteiger charge is 2.52. The van der Waals surface area contributed by atoms with Gasteiger partial charge in [0, 0.05) is 31.1 Å². The van der Waals surface area contributed by atoms with E-state index in [-0.39, 0.29) is 12.1 Å². The maximum atomic E-state index is 13.3.